The lowest BCUT2D eigenvalue weighted by Crippen LogP contribution is -2.50. The maximum Gasteiger partial charge on any atom is 0.289 e. The van der Waals surface area contributed by atoms with Gasteiger partial charge in [-0.05, 0) is 43.0 Å². The first-order chi connectivity index (χ1) is 12.2. The Hall–Kier alpha value is -2.63. The Morgan fingerprint density at radius 3 is 2.92 bits per heavy atom. The zero-order chi connectivity index (χ0) is 17.3. The Bertz CT molecular complexity index is 759. The van der Waals surface area contributed by atoms with Crippen molar-refractivity contribution in [2.24, 2.45) is 5.41 Å². The van der Waals surface area contributed by atoms with Gasteiger partial charge in [0.05, 0.1) is 11.7 Å². The molecule has 0 N–H and O–H groups in total. The number of carbonyl (C=O) groups excluding carboxylic acids is 2. The van der Waals surface area contributed by atoms with E-state index in [-0.39, 0.29) is 11.8 Å². The molecule has 0 radical (unpaired) electrons. The number of amides is 2. The monoisotopic (exact) mass is 339 g/mol. The summed E-state index contributed by atoms with van der Waals surface area (Å²) < 4.78 is 5.22. The van der Waals surface area contributed by atoms with Gasteiger partial charge >= 0.3 is 0 Å². The molecule has 0 bridgehead atoms. The standard InChI is InChI=1S/C19H21N3O3/c23-17(16-5-2-11-25-16)22-10-7-19(14-22)6-3-9-21(18(19)24)13-15-4-1-8-20-12-15/h1-2,4-5,8,11-12H,3,6-7,9-10,13-14H2/t19-/m1/s1. The van der Waals surface area contributed by atoms with Gasteiger partial charge in [0, 0.05) is 38.6 Å². The lowest BCUT2D eigenvalue weighted by atomic mass is 9.78. The molecular weight excluding hydrogens is 318 g/mol. The van der Waals surface area contributed by atoms with Gasteiger partial charge in [0.25, 0.3) is 5.91 Å². The minimum Gasteiger partial charge on any atom is -0.459 e. The van der Waals surface area contributed by atoms with Crippen LogP contribution in [0.2, 0.25) is 0 Å². The lowest BCUT2D eigenvalue weighted by molar-refractivity contribution is -0.146. The van der Waals surface area contributed by atoms with Crippen molar-refractivity contribution in [3.05, 3.63) is 54.2 Å². The van der Waals surface area contributed by atoms with Crippen molar-refractivity contribution in [1.82, 2.24) is 14.8 Å². The van der Waals surface area contributed by atoms with Gasteiger partial charge in [-0.25, -0.2) is 0 Å². The fourth-order valence-electron chi connectivity index (χ4n) is 4.00. The Balaban J connectivity index is 1.48. The van der Waals surface area contributed by atoms with E-state index in [0.717, 1.165) is 31.4 Å². The molecule has 6 nitrogen and oxygen atoms in total. The predicted molar refractivity (Wildman–Crippen MR) is 90.5 cm³/mol. The normalized spacial score (nSPS) is 23.4. The molecule has 0 saturated carbocycles. The summed E-state index contributed by atoms with van der Waals surface area (Å²) in [4.78, 5) is 33.5. The smallest absolute Gasteiger partial charge is 0.289 e. The summed E-state index contributed by atoms with van der Waals surface area (Å²) in [6.45, 7) is 2.43. The first-order valence-electron chi connectivity index (χ1n) is 8.69. The molecule has 2 fully saturated rings. The third-order valence-electron chi connectivity index (χ3n) is 5.29. The molecular formula is C19H21N3O3. The van der Waals surface area contributed by atoms with Gasteiger partial charge in [-0.1, -0.05) is 6.07 Å². The van der Waals surface area contributed by atoms with Crippen molar-refractivity contribution in [2.45, 2.75) is 25.8 Å². The van der Waals surface area contributed by atoms with Crippen LogP contribution in [0.25, 0.3) is 0 Å². The van der Waals surface area contributed by atoms with Gasteiger partial charge in [0.1, 0.15) is 0 Å². The van der Waals surface area contributed by atoms with Crippen LogP contribution >= 0.6 is 0 Å². The molecule has 0 aliphatic carbocycles. The van der Waals surface area contributed by atoms with Crippen LogP contribution in [0.15, 0.2) is 47.3 Å². The third kappa shape index (κ3) is 2.92. The van der Waals surface area contributed by atoms with Crippen molar-refractivity contribution >= 4 is 11.8 Å². The molecule has 2 aromatic rings. The molecule has 0 unspecified atom stereocenters. The first-order valence-corrected chi connectivity index (χ1v) is 8.69. The second-order valence-corrected chi connectivity index (χ2v) is 6.93. The van der Waals surface area contributed by atoms with Gasteiger partial charge in [0.15, 0.2) is 5.76 Å². The van der Waals surface area contributed by atoms with Crippen LogP contribution in [0.5, 0.6) is 0 Å². The number of pyridine rings is 1. The van der Waals surface area contributed by atoms with Crippen LogP contribution in [-0.2, 0) is 11.3 Å². The maximum absolute atomic E-state index is 13.2. The van der Waals surface area contributed by atoms with Crippen molar-refractivity contribution in [1.29, 1.82) is 0 Å². The molecule has 2 aliphatic rings. The molecule has 130 valence electrons. The summed E-state index contributed by atoms with van der Waals surface area (Å²) in [6, 6.07) is 7.26. The van der Waals surface area contributed by atoms with E-state index in [4.69, 9.17) is 4.42 Å². The molecule has 2 aromatic heterocycles. The minimum atomic E-state index is -0.442. The van der Waals surface area contributed by atoms with Crippen LogP contribution in [0.4, 0.5) is 0 Å². The van der Waals surface area contributed by atoms with Crippen LogP contribution in [0.3, 0.4) is 0 Å². The molecule has 4 rings (SSSR count). The number of carbonyl (C=O) groups is 2. The average Bonchev–Trinajstić information content (AvgIpc) is 3.31. The zero-order valence-electron chi connectivity index (χ0n) is 14.1. The van der Waals surface area contributed by atoms with Gasteiger partial charge < -0.3 is 14.2 Å². The molecule has 2 amide bonds. The number of likely N-dealkylation sites (tertiary alicyclic amines) is 2. The molecule has 1 spiro atoms. The highest BCUT2D eigenvalue weighted by Crippen LogP contribution is 2.40. The van der Waals surface area contributed by atoms with E-state index in [9.17, 15) is 9.59 Å². The summed E-state index contributed by atoms with van der Waals surface area (Å²) in [5.74, 6) is 0.379. The van der Waals surface area contributed by atoms with Crippen molar-refractivity contribution in [3.63, 3.8) is 0 Å². The van der Waals surface area contributed by atoms with E-state index in [1.54, 1.807) is 29.4 Å². The molecule has 25 heavy (non-hydrogen) atoms. The molecule has 2 saturated heterocycles. The van der Waals surface area contributed by atoms with E-state index in [2.05, 4.69) is 4.98 Å². The molecule has 0 aromatic carbocycles. The van der Waals surface area contributed by atoms with Crippen LogP contribution in [0.1, 0.15) is 35.4 Å². The van der Waals surface area contributed by atoms with E-state index >= 15 is 0 Å². The fraction of sp³-hybridized carbons (Fsp3) is 0.421. The van der Waals surface area contributed by atoms with Gasteiger partial charge in [-0.3, -0.25) is 14.6 Å². The molecule has 2 aliphatic heterocycles. The highest BCUT2D eigenvalue weighted by Gasteiger charge is 2.49. The van der Waals surface area contributed by atoms with Crippen LogP contribution < -0.4 is 0 Å². The second-order valence-electron chi connectivity index (χ2n) is 6.93. The molecule has 4 heterocycles. The predicted octanol–water partition coefficient (Wildman–Crippen LogP) is 2.33. The number of rotatable bonds is 3. The number of furan rings is 1. The fourth-order valence-corrected chi connectivity index (χ4v) is 4.00. The Kier molecular flexibility index (Phi) is 4.03. The maximum atomic E-state index is 13.2. The summed E-state index contributed by atoms with van der Waals surface area (Å²) in [6.07, 6.45) is 7.57. The Morgan fingerprint density at radius 1 is 1.24 bits per heavy atom. The van der Waals surface area contributed by atoms with E-state index in [1.807, 2.05) is 17.0 Å². The third-order valence-corrected chi connectivity index (χ3v) is 5.29. The number of hydrogen-bond acceptors (Lipinski definition) is 4. The van der Waals surface area contributed by atoms with Crippen LogP contribution in [-0.4, -0.2) is 46.2 Å². The Labute approximate surface area is 146 Å². The van der Waals surface area contributed by atoms with Gasteiger partial charge in [0.2, 0.25) is 5.91 Å². The summed E-state index contributed by atoms with van der Waals surface area (Å²) in [7, 11) is 0. The molecule has 6 heteroatoms. The lowest BCUT2D eigenvalue weighted by Gasteiger charge is -2.39. The minimum absolute atomic E-state index is 0.126. The van der Waals surface area contributed by atoms with E-state index < -0.39 is 5.41 Å². The van der Waals surface area contributed by atoms with Gasteiger partial charge in [-0.2, -0.15) is 0 Å². The number of nitrogens with zero attached hydrogens (tertiary/aromatic N) is 3. The first kappa shape index (κ1) is 15.9. The van der Waals surface area contributed by atoms with Crippen LogP contribution in [0, 0.1) is 5.41 Å². The van der Waals surface area contributed by atoms with E-state index in [1.165, 1.54) is 6.26 Å². The second kappa shape index (κ2) is 6.35. The number of piperidine rings is 1. The highest BCUT2D eigenvalue weighted by atomic mass is 16.3. The Morgan fingerprint density at radius 2 is 2.16 bits per heavy atom. The SMILES string of the molecule is O=C(c1ccco1)N1CC[C@]2(CCCN(Cc3cccnc3)C2=O)C1. The van der Waals surface area contributed by atoms with Crippen molar-refractivity contribution < 1.29 is 14.0 Å². The molecule has 1 atom stereocenters. The number of hydrogen-bond donors (Lipinski definition) is 0. The van der Waals surface area contributed by atoms with Crippen molar-refractivity contribution in [3.8, 4) is 0 Å². The average molecular weight is 339 g/mol. The topological polar surface area (TPSA) is 66.7 Å². The number of aromatic nitrogens is 1. The highest BCUT2D eigenvalue weighted by molar-refractivity contribution is 5.93. The summed E-state index contributed by atoms with van der Waals surface area (Å²) in [5.41, 5.74) is 0.595. The summed E-state index contributed by atoms with van der Waals surface area (Å²) in [5, 5.41) is 0. The quantitative estimate of drug-likeness (QED) is 0.861. The van der Waals surface area contributed by atoms with E-state index in [0.29, 0.717) is 25.4 Å². The zero-order valence-corrected chi connectivity index (χ0v) is 14.1. The van der Waals surface area contributed by atoms with Gasteiger partial charge in [-0.15, -0.1) is 0 Å². The summed E-state index contributed by atoms with van der Waals surface area (Å²) >= 11 is 0. The van der Waals surface area contributed by atoms with Crippen molar-refractivity contribution in [2.75, 3.05) is 19.6 Å². The largest absolute Gasteiger partial charge is 0.459 e.